The van der Waals surface area contributed by atoms with E-state index in [1.807, 2.05) is 0 Å². The molecule has 0 unspecified atom stereocenters. The minimum atomic E-state index is 0.299. The first kappa shape index (κ1) is 14.0. The molecule has 1 saturated heterocycles. The Bertz CT molecular complexity index is 359. The molecule has 0 amide bonds. The summed E-state index contributed by atoms with van der Waals surface area (Å²) in [5, 5.41) is 3.40. The van der Waals surface area contributed by atoms with Crippen molar-refractivity contribution in [3.8, 4) is 0 Å². The normalized spacial score (nSPS) is 17.4. The van der Waals surface area contributed by atoms with Crippen LogP contribution in [0.4, 0.5) is 0 Å². The summed E-state index contributed by atoms with van der Waals surface area (Å²) in [7, 11) is 0. The van der Waals surface area contributed by atoms with Gasteiger partial charge in [-0.1, -0.05) is 41.4 Å². The van der Waals surface area contributed by atoms with E-state index in [2.05, 4.69) is 52.4 Å². The van der Waals surface area contributed by atoms with Crippen LogP contribution in [0.15, 0.2) is 28.7 Å². The largest absolute Gasteiger partial charge is 0.381 e. The van der Waals surface area contributed by atoms with Gasteiger partial charge in [-0.25, -0.2) is 0 Å². The number of nitrogens with one attached hydrogen (secondary N) is 1. The van der Waals surface area contributed by atoms with Crippen molar-refractivity contribution in [2.45, 2.75) is 31.6 Å². The van der Waals surface area contributed by atoms with E-state index in [4.69, 9.17) is 4.74 Å². The van der Waals surface area contributed by atoms with Gasteiger partial charge in [0.05, 0.1) is 0 Å². The molecule has 18 heavy (non-hydrogen) atoms. The molecule has 3 heteroatoms. The maximum Gasteiger partial charge on any atom is 0.0475 e. The van der Waals surface area contributed by atoms with Crippen LogP contribution in [0.2, 0.25) is 0 Å². The van der Waals surface area contributed by atoms with Gasteiger partial charge in [-0.2, -0.15) is 0 Å². The van der Waals surface area contributed by atoms with E-state index in [-0.39, 0.29) is 0 Å². The van der Waals surface area contributed by atoms with Crippen molar-refractivity contribution in [2.24, 2.45) is 0 Å². The summed E-state index contributed by atoms with van der Waals surface area (Å²) in [5.74, 6) is 0. The topological polar surface area (TPSA) is 21.3 Å². The third-order valence-corrected chi connectivity index (χ3v) is 4.28. The van der Waals surface area contributed by atoms with Gasteiger partial charge >= 0.3 is 0 Å². The van der Waals surface area contributed by atoms with Crippen molar-refractivity contribution in [3.05, 3.63) is 34.3 Å². The number of rotatable bonds is 7. The van der Waals surface area contributed by atoms with Gasteiger partial charge in [-0.15, -0.1) is 0 Å². The summed E-state index contributed by atoms with van der Waals surface area (Å²) in [6.07, 6.45) is 3.49. The van der Waals surface area contributed by atoms with Crippen LogP contribution in [-0.2, 0) is 10.2 Å². The zero-order valence-electron chi connectivity index (χ0n) is 11.0. The highest BCUT2D eigenvalue weighted by Crippen LogP contribution is 2.32. The molecule has 100 valence electrons. The van der Waals surface area contributed by atoms with E-state index >= 15 is 0 Å². The van der Waals surface area contributed by atoms with Crippen LogP contribution in [0.25, 0.3) is 0 Å². The van der Waals surface area contributed by atoms with Gasteiger partial charge in [-0.3, -0.25) is 0 Å². The quantitative estimate of drug-likeness (QED) is 0.778. The lowest BCUT2D eigenvalue weighted by Crippen LogP contribution is -2.57. The predicted molar refractivity (Wildman–Crippen MR) is 79.0 cm³/mol. The molecule has 1 aliphatic heterocycles. The maximum atomic E-state index is 5.71. The summed E-state index contributed by atoms with van der Waals surface area (Å²) in [6.45, 7) is 6.12. The Labute approximate surface area is 118 Å². The van der Waals surface area contributed by atoms with E-state index in [1.165, 1.54) is 18.4 Å². The molecule has 2 nitrogen and oxygen atoms in total. The first-order valence-corrected chi connectivity index (χ1v) is 7.61. The Balaban J connectivity index is 1.88. The Morgan fingerprint density at radius 2 is 1.94 bits per heavy atom. The van der Waals surface area contributed by atoms with Crippen LogP contribution in [-0.4, -0.2) is 26.3 Å². The molecule has 0 saturated carbocycles. The average Bonchev–Trinajstić information content (AvgIpc) is 2.33. The van der Waals surface area contributed by atoms with Crippen molar-refractivity contribution >= 4 is 15.9 Å². The highest BCUT2D eigenvalue weighted by molar-refractivity contribution is 9.10. The second-order valence-electron chi connectivity index (χ2n) is 5.11. The maximum absolute atomic E-state index is 5.71. The molecule has 1 aromatic rings. The van der Waals surface area contributed by atoms with Crippen LogP contribution < -0.4 is 5.32 Å². The number of ether oxygens (including phenoxy) is 1. The van der Waals surface area contributed by atoms with E-state index in [0.29, 0.717) is 5.41 Å². The van der Waals surface area contributed by atoms with Gasteiger partial charge in [0.2, 0.25) is 0 Å². The van der Waals surface area contributed by atoms with Gasteiger partial charge in [0.25, 0.3) is 0 Å². The first-order chi connectivity index (χ1) is 8.77. The van der Waals surface area contributed by atoms with E-state index in [0.717, 1.165) is 37.2 Å². The summed E-state index contributed by atoms with van der Waals surface area (Å²) in [4.78, 5) is 0. The third kappa shape index (κ3) is 3.34. The Kier molecular flexibility index (Phi) is 5.22. The Hall–Kier alpha value is -0.380. The average molecular weight is 312 g/mol. The molecular formula is C15H22BrNO. The summed E-state index contributed by atoms with van der Waals surface area (Å²) in [6, 6.07) is 8.73. The molecule has 1 N–H and O–H groups in total. The minimum Gasteiger partial charge on any atom is -0.381 e. The molecule has 1 heterocycles. The number of benzene rings is 1. The molecule has 0 bridgehead atoms. The fourth-order valence-corrected chi connectivity index (χ4v) is 2.64. The minimum absolute atomic E-state index is 0.299. The summed E-state index contributed by atoms with van der Waals surface area (Å²) >= 11 is 3.49. The van der Waals surface area contributed by atoms with Crippen LogP contribution >= 0.6 is 15.9 Å². The van der Waals surface area contributed by atoms with Crippen molar-refractivity contribution in [2.75, 3.05) is 26.3 Å². The lowest BCUT2D eigenvalue weighted by atomic mass is 9.73. The first-order valence-electron chi connectivity index (χ1n) is 6.81. The molecule has 2 rings (SSSR count). The van der Waals surface area contributed by atoms with E-state index in [1.54, 1.807) is 0 Å². The number of hydrogen-bond donors (Lipinski definition) is 1. The molecule has 0 aliphatic carbocycles. The van der Waals surface area contributed by atoms with Gasteiger partial charge in [-0.05, 0) is 30.5 Å². The second kappa shape index (κ2) is 6.69. The highest BCUT2D eigenvalue weighted by atomic mass is 79.9. The van der Waals surface area contributed by atoms with Gasteiger partial charge < -0.3 is 10.1 Å². The number of halogens is 1. The van der Waals surface area contributed by atoms with E-state index in [9.17, 15) is 0 Å². The number of unbranched alkanes of at least 4 members (excludes halogenated alkanes) is 1. The standard InChI is InChI=1S/C15H22BrNO/c1-2-3-9-18-10-8-15(11-17-12-15)13-4-6-14(16)7-5-13/h4-7,17H,2-3,8-12H2,1H3. The fraction of sp³-hybridized carbons (Fsp3) is 0.600. The molecule has 1 aliphatic rings. The van der Waals surface area contributed by atoms with E-state index < -0.39 is 0 Å². The van der Waals surface area contributed by atoms with Crippen molar-refractivity contribution in [1.29, 1.82) is 0 Å². The SMILES string of the molecule is CCCCOCCC1(c2ccc(Br)cc2)CNC1. The molecule has 0 spiro atoms. The fourth-order valence-electron chi connectivity index (χ4n) is 2.37. The lowest BCUT2D eigenvalue weighted by Gasteiger charge is -2.43. The van der Waals surface area contributed by atoms with Gasteiger partial charge in [0.1, 0.15) is 0 Å². The van der Waals surface area contributed by atoms with Crippen molar-refractivity contribution < 1.29 is 4.74 Å². The molecule has 1 aromatic carbocycles. The van der Waals surface area contributed by atoms with Gasteiger partial charge in [0, 0.05) is 36.2 Å². The number of hydrogen-bond acceptors (Lipinski definition) is 2. The zero-order chi connectivity index (χ0) is 12.8. The zero-order valence-corrected chi connectivity index (χ0v) is 12.6. The van der Waals surface area contributed by atoms with Gasteiger partial charge in [0.15, 0.2) is 0 Å². The van der Waals surface area contributed by atoms with Crippen LogP contribution in [0, 0.1) is 0 Å². The van der Waals surface area contributed by atoms with Crippen LogP contribution in [0.5, 0.6) is 0 Å². The lowest BCUT2D eigenvalue weighted by molar-refractivity contribution is 0.0973. The third-order valence-electron chi connectivity index (χ3n) is 3.75. The van der Waals surface area contributed by atoms with Crippen molar-refractivity contribution in [3.63, 3.8) is 0 Å². The van der Waals surface area contributed by atoms with Crippen LogP contribution in [0.3, 0.4) is 0 Å². The molecule has 0 aromatic heterocycles. The van der Waals surface area contributed by atoms with Crippen molar-refractivity contribution in [1.82, 2.24) is 5.32 Å². The second-order valence-corrected chi connectivity index (χ2v) is 6.02. The molecule has 0 radical (unpaired) electrons. The molecule has 1 fully saturated rings. The molecule has 0 atom stereocenters. The predicted octanol–water partition coefficient (Wildman–Crippen LogP) is 3.50. The highest BCUT2D eigenvalue weighted by Gasteiger charge is 2.38. The Morgan fingerprint density at radius 1 is 1.22 bits per heavy atom. The Morgan fingerprint density at radius 3 is 2.50 bits per heavy atom. The summed E-state index contributed by atoms with van der Waals surface area (Å²) < 4.78 is 6.86. The van der Waals surface area contributed by atoms with Crippen LogP contribution in [0.1, 0.15) is 31.7 Å². The molecular weight excluding hydrogens is 290 g/mol. The monoisotopic (exact) mass is 311 g/mol. The smallest absolute Gasteiger partial charge is 0.0475 e. The summed E-state index contributed by atoms with van der Waals surface area (Å²) in [5.41, 5.74) is 1.73.